The molecule has 254 valence electrons. The highest BCUT2D eigenvalue weighted by Gasteiger charge is 2.75. The van der Waals surface area contributed by atoms with Gasteiger partial charge in [0.1, 0.15) is 29.8 Å². The van der Waals surface area contributed by atoms with Gasteiger partial charge in [0, 0.05) is 48.5 Å². The number of fused-ring (bicyclic) bond motifs is 2. The van der Waals surface area contributed by atoms with Crippen LogP contribution in [0.3, 0.4) is 0 Å². The summed E-state index contributed by atoms with van der Waals surface area (Å²) in [5, 5.41) is 13.0. The van der Waals surface area contributed by atoms with Crippen molar-refractivity contribution in [1.29, 1.82) is 0 Å². The van der Waals surface area contributed by atoms with Gasteiger partial charge in [-0.1, -0.05) is 58.4 Å². The molecule has 0 aromatic heterocycles. The molecule has 4 aliphatic heterocycles. The highest BCUT2D eigenvalue weighted by molar-refractivity contribution is 9.11. The van der Waals surface area contributed by atoms with Gasteiger partial charge in [-0.2, -0.15) is 0 Å². The lowest BCUT2D eigenvalue weighted by molar-refractivity contribution is -0.159. The van der Waals surface area contributed by atoms with Gasteiger partial charge in [-0.15, -0.1) is 0 Å². The predicted molar refractivity (Wildman–Crippen MR) is 183 cm³/mol. The maximum atomic E-state index is 14.9. The average Bonchev–Trinajstić information content (AvgIpc) is 3.68. The topological polar surface area (TPSA) is 129 Å². The number of allylic oxidation sites excluding steroid dienone is 1. The number of carbonyl (C=O) groups excluding carboxylic acids is 4. The van der Waals surface area contributed by atoms with E-state index < -0.39 is 53.5 Å². The van der Waals surface area contributed by atoms with Gasteiger partial charge in [0.05, 0.1) is 19.1 Å². The van der Waals surface area contributed by atoms with E-state index in [1.807, 2.05) is 66.7 Å². The van der Waals surface area contributed by atoms with Crippen molar-refractivity contribution in [3.05, 3.63) is 82.9 Å². The number of β-amino-alcohol motifs (C(OH)–C–C–N with tert-alkyl or cyclic N) is 1. The molecule has 11 nitrogen and oxygen atoms in total. The van der Waals surface area contributed by atoms with Crippen molar-refractivity contribution in [2.45, 2.75) is 50.5 Å². The Balaban J connectivity index is 1.42. The first-order chi connectivity index (χ1) is 23.2. The van der Waals surface area contributed by atoms with Crippen molar-refractivity contribution >= 4 is 51.0 Å². The zero-order chi connectivity index (χ0) is 34.0. The number of cyclic esters (lactones) is 1. The number of likely N-dealkylation sites (tertiary alicyclic amines) is 1. The van der Waals surface area contributed by atoms with Crippen LogP contribution in [0.4, 0.5) is 11.4 Å². The second kappa shape index (κ2) is 14.2. The van der Waals surface area contributed by atoms with Crippen molar-refractivity contribution in [3.63, 3.8) is 0 Å². The molecule has 6 atom stereocenters. The largest absolute Gasteiger partial charge is 0.455 e. The van der Waals surface area contributed by atoms with Crippen molar-refractivity contribution in [3.8, 4) is 0 Å². The number of nitrogens with zero attached hydrogens (tertiary/aromatic N) is 3. The molecule has 48 heavy (non-hydrogen) atoms. The third-order valence-electron chi connectivity index (χ3n) is 9.74. The molecule has 2 saturated heterocycles. The molecule has 0 unspecified atom stereocenters. The lowest BCUT2D eigenvalue weighted by Gasteiger charge is -2.35. The van der Waals surface area contributed by atoms with Crippen molar-refractivity contribution < 1.29 is 33.8 Å². The molecule has 1 spiro atoms. The van der Waals surface area contributed by atoms with Crippen LogP contribution >= 0.6 is 15.9 Å². The summed E-state index contributed by atoms with van der Waals surface area (Å²) in [5.41, 5.74) is 0.849. The average molecular weight is 722 g/mol. The van der Waals surface area contributed by atoms with Gasteiger partial charge in [0.2, 0.25) is 11.8 Å². The maximum absolute atomic E-state index is 14.9. The summed E-state index contributed by atoms with van der Waals surface area (Å²) in [7, 11) is 0. The Morgan fingerprint density at radius 2 is 1.73 bits per heavy atom. The smallest absolute Gasteiger partial charge is 0.313 e. The van der Waals surface area contributed by atoms with Crippen LogP contribution < -0.4 is 15.1 Å². The Labute approximate surface area is 288 Å². The third-order valence-corrected chi connectivity index (χ3v) is 10.4. The number of hydrogen-bond acceptors (Lipinski definition) is 8. The summed E-state index contributed by atoms with van der Waals surface area (Å²) in [6.07, 6.45) is 4.41. The number of benzene rings is 2. The lowest BCUT2D eigenvalue weighted by atomic mass is 9.74. The molecule has 4 heterocycles. The quantitative estimate of drug-likeness (QED) is 0.329. The molecule has 12 heteroatoms. The monoisotopic (exact) mass is 720 g/mol. The zero-order valence-corrected chi connectivity index (χ0v) is 28.7. The Kier molecular flexibility index (Phi) is 10.0. The van der Waals surface area contributed by atoms with Crippen LogP contribution in [-0.2, 0) is 28.7 Å². The number of amides is 3. The van der Waals surface area contributed by atoms with Crippen molar-refractivity contribution in [2.24, 2.45) is 11.8 Å². The van der Waals surface area contributed by atoms with Crippen LogP contribution in [0.1, 0.15) is 38.4 Å². The molecule has 0 saturated carbocycles. The summed E-state index contributed by atoms with van der Waals surface area (Å²) in [6.45, 7) is 5.53. The van der Waals surface area contributed by atoms with E-state index >= 15 is 0 Å². The van der Waals surface area contributed by atoms with Gasteiger partial charge in [0.25, 0.3) is 5.91 Å². The summed E-state index contributed by atoms with van der Waals surface area (Å²) >= 11 is 3.57. The van der Waals surface area contributed by atoms with E-state index in [1.165, 1.54) is 4.90 Å². The molecule has 6 rings (SSSR count). The number of hydrogen-bond donors (Lipinski definition) is 2. The van der Waals surface area contributed by atoms with Gasteiger partial charge < -0.3 is 34.6 Å². The number of nitrogens with one attached hydrogen (secondary N) is 1. The molecule has 4 aliphatic rings. The number of esters is 1. The van der Waals surface area contributed by atoms with Crippen molar-refractivity contribution in [1.82, 2.24) is 10.2 Å². The molecule has 3 amide bonds. The summed E-state index contributed by atoms with van der Waals surface area (Å²) in [5.74, 6) is -3.85. The molecule has 2 fully saturated rings. The molecular weight excluding hydrogens is 680 g/mol. The molecular formula is C36H41BrN4O7. The number of carbonyl (C=O) groups is 4. The number of aliphatic hydroxyl groups excluding tert-OH is 1. The molecule has 2 aromatic carbocycles. The zero-order valence-electron chi connectivity index (χ0n) is 27.1. The fourth-order valence-corrected chi connectivity index (χ4v) is 8.17. The summed E-state index contributed by atoms with van der Waals surface area (Å²) < 4.78 is 13.2. The van der Waals surface area contributed by atoms with Crippen LogP contribution in [0.2, 0.25) is 0 Å². The number of anilines is 2. The normalized spacial score (nSPS) is 29.8. The highest BCUT2D eigenvalue weighted by atomic mass is 79.9. The van der Waals surface area contributed by atoms with Gasteiger partial charge in [-0.3, -0.25) is 19.2 Å². The second-order valence-electron chi connectivity index (χ2n) is 12.4. The molecule has 0 radical (unpaired) electrons. The highest BCUT2D eigenvalue weighted by Crippen LogP contribution is 2.59. The van der Waals surface area contributed by atoms with E-state index in [1.54, 1.807) is 11.0 Å². The Hall–Kier alpha value is -4.00. The number of aliphatic hydroxyl groups is 1. The number of rotatable bonds is 7. The lowest BCUT2D eigenvalue weighted by Crippen LogP contribution is -2.56. The van der Waals surface area contributed by atoms with E-state index in [-0.39, 0.29) is 38.6 Å². The fraction of sp³-hybridized carbons (Fsp3) is 0.444. The first-order valence-corrected chi connectivity index (χ1v) is 17.3. The SMILES string of the molecule is CCN(CC)c1ccc(N2C/C=C\CCC(=O)NC[C@H](c3ccccc3)OC(=O)[C@H]3[C@@H]4O[C@@]5(C=C4Br)[C@@H]3C(=O)N(CCO)[C@@H]5C2=O)cc1. The summed E-state index contributed by atoms with van der Waals surface area (Å²) in [4.78, 5) is 61.2. The van der Waals surface area contributed by atoms with E-state index in [4.69, 9.17) is 9.47 Å². The van der Waals surface area contributed by atoms with E-state index in [2.05, 4.69) is 40.0 Å². The first kappa shape index (κ1) is 33.9. The van der Waals surface area contributed by atoms with Crippen LogP contribution in [0.25, 0.3) is 0 Å². The first-order valence-electron chi connectivity index (χ1n) is 16.5. The Morgan fingerprint density at radius 1 is 1.00 bits per heavy atom. The van der Waals surface area contributed by atoms with Gasteiger partial charge in [-0.05, 0) is 56.2 Å². The van der Waals surface area contributed by atoms with Gasteiger partial charge in [0.15, 0.2) is 0 Å². The molecule has 5 bridgehead atoms. The van der Waals surface area contributed by atoms with Crippen LogP contribution in [-0.4, -0.2) is 90.8 Å². The second-order valence-corrected chi connectivity index (χ2v) is 13.3. The van der Waals surface area contributed by atoms with Crippen LogP contribution in [0.15, 0.2) is 77.3 Å². The number of ether oxygens (including phenoxy) is 2. The summed E-state index contributed by atoms with van der Waals surface area (Å²) in [6, 6.07) is 15.6. The molecule has 2 aromatic rings. The standard InChI is InChI=1S/C36H41BrN4O7/c1-3-39(4-2)24-14-16-25(17-15-24)40-18-10-6-9-13-28(43)38-22-27(23-11-7-5-8-12-23)47-35(46)29-30-33(44)41(19-20-42)32(34(40)45)36(30)21-26(37)31(29)48-36/h5-8,10-12,14-17,21,27,29-32,42H,3-4,9,13,18-20,22H2,1-2H3,(H,38,43)/b10-6-/t27-,29-,30+,31-,32-,36+/m1/s1. The van der Waals surface area contributed by atoms with E-state index in [9.17, 15) is 24.3 Å². The third kappa shape index (κ3) is 6.05. The Morgan fingerprint density at radius 3 is 2.42 bits per heavy atom. The molecule has 0 aliphatic carbocycles. The van der Waals surface area contributed by atoms with Gasteiger partial charge in [-0.25, -0.2) is 0 Å². The fourth-order valence-electron chi connectivity index (χ4n) is 7.44. The maximum Gasteiger partial charge on any atom is 0.313 e. The minimum Gasteiger partial charge on any atom is -0.455 e. The van der Waals surface area contributed by atoms with E-state index in [0.717, 1.165) is 18.8 Å². The minimum absolute atomic E-state index is 0.0479. The van der Waals surface area contributed by atoms with Crippen LogP contribution in [0.5, 0.6) is 0 Å². The van der Waals surface area contributed by atoms with Crippen LogP contribution in [0, 0.1) is 11.8 Å². The van der Waals surface area contributed by atoms with Crippen molar-refractivity contribution in [2.75, 3.05) is 49.1 Å². The number of halogens is 1. The predicted octanol–water partition coefficient (Wildman–Crippen LogP) is 3.48. The molecule has 2 N–H and O–H groups in total. The Bertz CT molecular complexity index is 1590. The van der Waals surface area contributed by atoms with E-state index in [0.29, 0.717) is 22.2 Å². The minimum atomic E-state index is -1.47. The van der Waals surface area contributed by atoms with Gasteiger partial charge >= 0.3 is 5.97 Å².